The first-order valence-electron chi connectivity index (χ1n) is 7.57. The molecule has 3 N–H and O–H groups in total. The molecule has 0 aliphatic rings. The van der Waals surface area contributed by atoms with Crippen LogP contribution in [-0.4, -0.2) is 37.0 Å². The van der Waals surface area contributed by atoms with Gasteiger partial charge in [0, 0.05) is 24.8 Å². The second kappa shape index (κ2) is 9.52. The maximum atomic E-state index is 11.9. The van der Waals surface area contributed by atoms with E-state index in [0.717, 1.165) is 17.0 Å². The number of nitrogens with zero attached hydrogens (tertiary/aromatic N) is 2. The molecule has 0 aliphatic heterocycles. The normalized spacial score (nSPS) is 11.0. The van der Waals surface area contributed by atoms with Crippen LogP contribution in [0, 0.1) is 0 Å². The van der Waals surface area contributed by atoms with Gasteiger partial charge in [-0.3, -0.25) is 14.8 Å². The van der Waals surface area contributed by atoms with E-state index < -0.39 is 0 Å². The molecule has 2 rings (SSSR count). The molecule has 0 aliphatic carbocycles. The first-order chi connectivity index (χ1) is 11.7. The molecule has 0 bridgehead atoms. The lowest BCUT2D eigenvalue weighted by Crippen LogP contribution is -2.42. The van der Waals surface area contributed by atoms with Gasteiger partial charge in [-0.2, -0.15) is 0 Å². The van der Waals surface area contributed by atoms with Crippen LogP contribution in [0.4, 0.5) is 5.69 Å². The molecule has 1 amide bonds. The Bertz CT molecular complexity index is 690. The van der Waals surface area contributed by atoms with E-state index in [9.17, 15) is 4.79 Å². The molecule has 6 nitrogen and oxygen atoms in total. The van der Waals surface area contributed by atoms with Gasteiger partial charge in [0.1, 0.15) is 0 Å². The smallest absolute Gasteiger partial charge is 0.243 e. The number of hydrogen-bond donors (Lipinski definition) is 3. The van der Waals surface area contributed by atoms with Gasteiger partial charge in [-0.1, -0.05) is 29.8 Å². The van der Waals surface area contributed by atoms with E-state index in [0.29, 0.717) is 18.2 Å². The Balaban J connectivity index is 1.72. The third-order valence-electron chi connectivity index (χ3n) is 3.23. The Morgan fingerprint density at radius 2 is 2.04 bits per heavy atom. The molecule has 0 unspecified atom stereocenters. The number of anilines is 1. The lowest BCUT2D eigenvalue weighted by molar-refractivity contribution is -0.115. The number of rotatable bonds is 6. The largest absolute Gasteiger partial charge is 0.356 e. The van der Waals surface area contributed by atoms with Crippen LogP contribution < -0.4 is 16.0 Å². The van der Waals surface area contributed by atoms with Gasteiger partial charge in [-0.15, -0.1) is 0 Å². The Morgan fingerprint density at radius 1 is 1.21 bits per heavy atom. The van der Waals surface area contributed by atoms with Gasteiger partial charge >= 0.3 is 0 Å². The van der Waals surface area contributed by atoms with Crippen LogP contribution in [0.1, 0.15) is 5.56 Å². The molecule has 7 heteroatoms. The molecule has 1 heterocycles. The van der Waals surface area contributed by atoms with E-state index in [4.69, 9.17) is 11.6 Å². The molecule has 0 saturated carbocycles. The standard InChI is InChI=1S/C17H20ClN5O/c1-19-17(21-10-8-13-5-2-3-7-15(13)18)22-12-16(24)23-14-6-4-9-20-11-14/h2-7,9,11H,8,10,12H2,1H3,(H,23,24)(H2,19,21,22). The highest BCUT2D eigenvalue weighted by atomic mass is 35.5. The van der Waals surface area contributed by atoms with Gasteiger partial charge in [0.05, 0.1) is 18.4 Å². The number of halogens is 1. The molecule has 0 radical (unpaired) electrons. The molecule has 0 fully saturated rings. The van der Waals surface area contributed by atoms with Gasteiger partial charge in [0.15, 0.2) is 5.96 Å². The average molecular weight is 346 g/mol. The number of guanidine groups is 1. The minimum atomic E-state index is -0.169. The Morgan fingerprint density at radius 3 is 2.75 bits per heavy atom. The summed E-state index contributed by atoms with van der Waals surface area (Å²) >= 11 is 6.12. The maximum absolute atomic E-state index is 11.9. The van der Waals surface area contributed by atoms with Crippen LogP contribution in [0.25, 0.3) is 0 Å². The lowest BCUT2D eigenvalue weighted by atomic mass is 10.1. The Kier molecular flexibility index (Phi) is 7.04. The van der Waals surface area contributed by atoms with E-state index in [1.165, 1.54) is 0 Å². The van der Waals surface area contributed by atoms with E-state index >= 15 is 0 Å². The van der Waals surface area contributed by atoms with Gasteiger partial charge in [0.2, 0.25) is 5.91 Å². The van der Waals surface area contributed by atoms with Crippen LogP contribution in [0.15, 0.2) is 53.8 Å². The minimum Gasteiger partial charge on any atom is -0.356 e. The van der Waals surface area contributed by atoms with Crippen molar-refractivity contribution in [1.29, 1.82) is 0 Å². The molecular formula is C17H20ClN5O. The monoisotopic (exact) mass is 345 g/mol. The van der Waals surface area contributed by atoms with E-state index in [-0.39, 0.29) is 12.5 Å². The summed E-state index contributed by atoms with van der Waals surface area (Å²) in [7, 11) is 1.66. The highest BCUT2D eigenvalue weighted by Crippen LogP contribution is 2.14. The summed E-state index contributed by atoms with van der Waals surface area (Å²) in [6, 6.07) is 11.3. The average Bonchev–Trinajstić information content (AvgIpc) is 2.60. The molecule has 0 saturated heterocycles. The number of nitrogens with one attached hydrogen (secondary N) is 3. The van der Waals surface area contributed by atoms with Gasteiger partial charge < -0.3 is 16.0 Å². The molecule has 0 atom stereocenters. The second-order valence-corrected chi connectivity index (χ2v) is 5.39. The SMILES string of the molecule is CN=C(NCCc1ccccc1Cl)NCC(=O)Nc1cccnc1. The number of carbonyl (C=O) groups excluding carboxylic acids is 1. The predicted molar refractivity (Wildman–Crippen MR) is 97.4 cm³/mol. The first-order valence-corrected chi connectivity index (χ1v) is 7.94. The van der Waals surface area contributed by atoms with E-state index in [2.05, 4.69) is 25.9 Å². The summed E-state index contributed by atoms with van der Waals surface area (Å²) in [6.07, 6.45) is 4.01. The fraction of sp³-hybridized carbons (Fsp3) is 0.235. The van der Waals surface area contributed by atoms with Crippen molar-refractivity contribution < 1.29 is 4.79 Å². The third kappa shape index (κ3) is 5.89. The lowest BCUT2D eigenvalue weighted by Gasteiger charge is -2.12. The number of aromatic nitrogens is 1. The van der Waals surface area contributed by atoms with Crippen LogP contribution in [0.3, 0.4) is 0 Å². The molecule has 1 aromatic heterocycles. The fourth-order valence-corrected chi connectivity index (χ4v) is 2.27. The van der Waals surface area contributed by atoms with Gasteiger partial charge in [0.25, 0.3) is 0 Å². The summed E-state index contributed by atoms with van der Waals surface area (Å²) in [4.78, 5) is 19.9. The summed E-state index contributed by atoms with van der Waals surface area (Å²) in [5, 5.41) is 9.61. The molecular weight excluding hydrogens is 326 g/mol. The highest BCUT2D eigenvalue weighted by molar-refractivity contribution is 6.31. The maximum Gasteiger partial charge on any atom is 0.243 e. The zero-order valence-electron chi connectivity index (χ0n) is 13.4. The van der Waals surface area contributed by atoms with Crippen LogP contribution in [0.5, 0.6) is 0 Å². The zero-order chi connectivity index (χ0) is 17.2. The summed E-state index contributed by atoms with van der Waals surface area (Å²) in [5.41, 5.74) is 1.72. The number of amides is 1. The van der Waals surface area contributed by atoms with Crippen LogP contribution in [0.2, 0.25) is 5.02 Å². The molecule has 2 aromatic rings. The number of hydrogen-bond acceptors (Lipinski definition) is 3. The van der Waals surface area contributed by atoms with Crippen molar-refractivity contribution >= 4 is 29.2 Å². The third-order valence-corrected chi connectivity index (χ3v) is 3.60. The van der Waals surface area contributed by atoms with Gasteiger partial charge in [-0.05, 0) is 30.2 Å². The fourth-order valence-electron chi connectivity index (χ4n) is 2.04. The number of benzene rings is 1. The predicted octanol–water partition coefficient (Wildman–Crippen LogP) is 2.08. The van der Waals surface area contributed by atoms with Crippen molar-refractivity contribution in [3.05, 3.63) is 59.4 Å². The molecule has 0 spiro atoms. The van der Waals surface area contributed by atoms with Crippen molar-refractivity contribution in [3.63, 3.8) is 0 Å². The molecule has 126 valence electrons. The van der Waals surface area contributed by atoms with Crippen molar-refractivity contribution in [1.82, 2.24) is 15.6 Å². The molecule has 1 aromatic carbocycles. The summed E-state index contributed by atoms with van der Waals surface area (Å²) in [5.74, 6) is 0.389. The summed E-state index contributed by atoms with van der Waals surface area (Å²) < 4.78 is 0. The first kappa shape index (κ1) is 17.7. The topological polar surface area (TPSA) is 78.4 Å². The Labute approximate surface area is 146 Å². The van der Waals surface area contributed by atoms with Crippen LogP contribution in [-0.2, 0) is 11.2 Å². The minimum absolute atomic E-state index is 0.112. The Hall–Kier alpha value is -2.60. The van der Waals surface area contributed by atoms with E-state index in [1.54, 1.807) is 31.6 Å². The van der Waals surface area contributed by atoms with Crippen molar-refractivity contribution in [2.45, 2.75) is 6.42 Å². The highest BCUT2D eigenvalue weighted by Gasteiger charge is 2.05. The summed E-state index contributed by atoms with van der Waals surface area (Å²) in [6.45, 7) is 0.772. The van der Waals surface area contributed by atoms with Crippen molar-refractivity contribution in [2.24, 2.45) is 4.99 Å². The number of carbonyl (C=O) groups is 1. The number of pyridine rings is 1. The second-order valence-electron chi connectivity index (χ2n) is 4.98. The van der Waals surface area contributed by atoms with Crippen LogP contribution >= 0.6 is 11.6 Å². The van der Waals surface area contributed by atoms with E-state index in [1.807, 2.05) is 24.3 Å². The molecule has 24 heavy (non-hydrogen) atoms. The zero-order valence-corrected chi connectivity index (χ0v) is 14.2. The number of aliphatic imine (C=N–C) groups is 1. The van der Waals surface area contributed by atoms with Gasteiger partial charge in [-0.25, -0.2) is 0 Å². The van der Waals surface area contributed by atoms with Crippen molar-refractivity contribution in [2.75, 3.05) is 25.5 Å². The quantitative estimate of drug-likeness (QED) is 0.553. The van der Waals surface area contributed by atoms with Crippen molar-refractivity contribution in [3.8, 4) is 0 Å².